The van der Waals surface area contributed by atoms with Crippen molar-refractivity contribution in [1.29, 1.82) is 0 Å². The molecule has 1 fully saturated rings. The van der Waals surface area contributed by atoms with Crippen LogP contribution in [0.1, 0.15) is 76.4 Å². The fourth-order valence-corrected chi connectivity index (χ4v) is 4.37. The third-order valence-corrected chi connectivity index (χ3v) is 6.20. The number of rotatable bonds is 5. The predicted molar refractivity (Wildman–Crippen MR) is 109 cm³/mol. The summed E-state index contributed by atoms with van der Waals surface area (Å²) in [4.78, 5) is 43.4. The topological polar surface area (TPSA) is 79.3 Å². The summed E-state index contributed by atoms with van der Waals surface area (Å²) in [5, 5.41) is 0. The van der Waals surface area contributed by atoms with Crippen LogP contribution in [-0.4, -0.2) is 56.2 Å². The first-order valence-corrected chi connectivity index (χ1v) is 10.7. The first kappa shape index (κ1) is 20.4. The van der Waals surface area contributed by atoms with Crippen molar-refractivity contribution < 1.29 is 9.59 Å². The Kier molecular flexibility index (Phi) is 6.39. The summed E-state index contributed by atoms with van der Waals surface area (Å²) in [5.74, 6) is 0.559. The van der Waals surface area contributed by atoms with E-state index in [2.05, 4.69) is 15.0 Å². The molecule has 2 aromatic heterocycles. The van der Waals surface area contributed by atoms with E-state index in [1.165, 1.54) is 11.3 Å². The average molecular weight is 402 g/mol. The molecule has 0 radical (unpaired) electrons. The number of aromatic nitrogens is 3. The van der Waals surface area contributed by atoms with Crippen molar-refractivity contribution in [2.24, 2.45) is 0 Å². The second-order valence-corrected chi connectivity index (χ2v) is 7.84. The summed E-state index contributed by atoms with van der Waals surface area (Å²) in [5.41, 5.74) is 3.65. The quantitative estimate of drug-likeness (QED) is 0.767. The van der Waals surface area contributed by atoms with Crippen LogP contribution >= 0.6 is 11.3 Å². The van der Waals surface area contributed by atoms with Gasteiger partial charge in [0.05, 0.1) is 28.5 Å². The molecule has 0 spiro atoms. The van der Waals surface area contributed by atoms with Crippen molar-refractivity contribution in [1.82, 2.24) is 24.8 Å². The Labute approximate surface area is 169 Å². The van der Waals surface area contributed by atoms with Gasteiger partial charge in [0.25, 0.3) is 11.8 Å². The summed E-state index contributed by atoms with van der Waals surface area (Å²) >= 11 is 1.37. The van der Waals surface area contributed by atoms with Gasteiger partial charge in [-0.2, -0.15) is 0 Å². The first-order valence-electron chi connectivity index (χ1n) is 9.81. The number of aryl methyl sites for hydroxylation is 2. The molecule has 0 aliphatic carbocycles. The highest BCUT2D eigenvalue weighted by Gasteiger charge is 2.32. The minimum Gasteiger partial charge on any atom is -0.339 e. The largest absolute Gasteiger partial charge is 0.339 e. The molecule has 28 heavy (non-hydrogen) atoms. The van der Waals surface area contributed by atoms with Gasteiger partial charge in [-0.05, 0) is 47.0 Å². The first-order chi connectivity index (χ1) is 13.5. The normalized spacial score (nSPS) is 16.9. The second-order valence-electron chi connectivity index (χ2n) is 6.98. The Hall–Kier alpha value is -2.35. The molecule has 2 amide bonds. The van der Waals surface area contributed by atoms with E-state index in [0.29, 0.717) is 41.6 Å². The molecule has 1 aliphatic rings. The number of carbonyl (C=O) groups excluding carboxylic acids is 2. The molecule has 8 heteroatoms. The molecule has 0 aromatic carbocycles. The Balaban J connectivity index is 1.88. The lowest BCUT2D eigenvalue weighted by atomic mass is 10.0. The summed E-state index contributed by atoms with van der Waals surface area (Å²) in [6, 6.07) is -0.168. The highest BCUT2D eigenvalue weighted by atomic mass is 32.1. The number of amides is 2. The monoisotopic (exact) mass is 401 g/mol. The van der Waals surface area contributed by atoms with Crippen LogP contribution < -0.4 is 0 Å². The molecule has 2 aromatic rings. The van der Waals surface area contributed by atoms with E-state index in [-0.39, 0.29) is 17.9 Å². The van der Waals surface area contributed by atoms with E-state index in [1.54, 1.807) is 16.6 Å². The maximum Gasteiger partial charge on any atom is 0.266 e. The highest BCUT2D eigenvalue weighted by molar-refractivity contribution is 7.11. The molecular formula is C20H27N5O2S. The number of carbonyl (C=O) groups is 2. The van der Waals surface area contributed by atoms with E-state index in [4.69, 9.17) is 0 Å². The van der Waals surface area contributed by atoms with Gasteiger partial charge in [0.15, 0.2) is 5.82 Å². The summed E-state index contributed by atoms with van der Waals surface area (Å²) in [6.07, 6.45) is 4.44. The van der Waals surface area contributed by atoms with Crippen LogP contribution in [0.15, 0.2) is 11.7 Å². The van der Waals surface area contributed by atoms with Crippen LogP contribution in [0.5, 0.6) is 0 Å². The van der Waals surface area contributed by atoms with Gasteiger partial charge in [-0.1, -0.05) is 0 Å². The van der Waals surface area contributed by atoms with E-state index >= 15 is 0 Å². The molecule has 1 saturated heterocycles. The van der Waals surface area contributed by atoms with Gasteiger partial charge in [-0.25, -0.2) is 15.0 Å². The van der Waals surface area contributed by atoms with Crippen molar-refractivity contribution in [3.05, 3.63) is 39.4 Å². The summed E-state index contributed by atoms with van der Waals surface area (Å²) < 4.78 is 0. The maximum absolute atomic E-state index is 13.1. The number of piperidine rings is 1. The van der Waals surface area contributed by atoms with Crippen LogP contribution in [-0.2, 0) is 0 Å². The minimum absolute atomic E-state index is 0.00533. The van der Waals surface area contributed by atoms with Crippen LogP contribution in [0.4, 0.5) is 0 Å². The van der Waals surface area contributed by atoms with Crippen molar-refractivity contribution in [3.63, 3.8) is 0 Å². The van der Waals surface area contributed by atoms with Crippen LogP contribution in [0.25, 0.3) is 0 Å². The predicted octanol–water partition coefficient (Wildman–Crippen LogP) is 3.40. The Morgan fingerprint density at radius 3 is 2.54 bits per heavy atom. The van der Waals surface area contributed by atoms with Gasteiger partial charge in [0.2, 0.25) is 0 Å². The molecule has 1 aliphatic heterocycles. The molecule has 1 atom stereocenters. The van der Waals surface area contributed by atoms with Crippen LogP contribution in [0.3, 0.4) is 0 Å². The third kappa shape index (κ3) is 3.92. The smallest absolute Gasteiger partial charge is 0.266 e. The zero-order valence-corrected chi connectivity index (χ0v) is 17.8. The van der Waals surface area contributed by atoms with Gasteiger partial charge in [-0.3, -0.25) is 9.59 Å². The van der Waals surface area contributed by atoms with Crippen LogP contribution in [0, 0.1) is 13.8 Å². The SMILES string of the molecule is CCN(CC)C(=O)c1cnc([C@@H]2CCCCN2C(=O)c2scnc2C)nc1C. The van der Waals surface area contributed by atoms with Crippen LogP contribution in [0.2, 0.25) is 0 Å². The maximum atomic E-state index is 13.1. The lowest BCUT2D eigenvalue weighted by Gasteiger charge is -2.34. The van der Waals surface area contributed by atoms with Gasteiger partial charge in [0, 0.05) is 25.8 Å². The van der Waals surface area contributed by atoms with Gasteiger partial charge < -0.3 is 9.80 Å². The third-order valence-electron chi connectivity index (χ3n) is 5.28. The molecule has 0 bridgehead atoms. The molecule has 7 nitrogen and oxygen atoms in total. The van der Waals surface area contributed by atoms with Gasteiger partial charge in [-0.15, -0.1) is 11.3 Å². The van der Waals surface area contributed by atoms with Crippen molar-refractivity contribution in [3.8, 4) is 0 Å². The average Bonchev–Trinajstić information content (AvgIpc) is 3.14. The van der Waals surface area contributed by atoms with E-state index in [0.717, 1.165) is 25.0 Å². The number of hydrogen-bond donors (Lipinski definition) is 0. The number of hydrogen-bond acceptors (Lipinski definition) is 6. The van der Waals surface area contributed by atoms with Gasteiger partial charge in [0.1, 0.15) is 4.88 Å². The zero-order chi connectivity index (χ0) is 20.3. The fraction of sp³-hybridized carbons (Fsp3) is 0.550. The van der Waals surface area contributed by atoms with E-state index in [9.17, 15) is 9.59 Å². The van der Waals surface area contributed by atoms with E-state index < -0.39 is 0 Å². The Morgan fingerprint density at radius 2 is 1.93 bits per heavy atom. The fourth-order valence-electron chi connectivity index (χ4n) is 3.62. The Bertz CT molecular complexity index is 862. The summed E-state index contributed by atoms with van der Waals surface area (Å²) in [6.45, 7) is 9.59. The molecular weight excluding hydrogens is 374 g/mol. The highest BCUT2D eigenvalue weighted by Crippen LogP contribution is 2.31. The van der Waals surface area contributed by atoms with E-state index in [1.807, 2.05) is 32.6 Å². The van der Waals surface area contributed by atoms with Crippen molar-refractivity contribution in [2.45, 2.75) is 53.0 Å². The lowest BCUT2D eigenvalue weighted by Crippen LogP contribution is -2.39. The number of likely N-dealkylation sites (tertiary alicyclic amines) is 1. The second kappa shape index (κ2) is 8.77. The molecule has 0 unspecified atom stereocenters. The summed E-state index contributed by atoms with van der Waals surface area (Å²) in [7, 11) is 0. The molecule has 3 heterocycles. The zero-order valence-electron chi connectivity index (χ0n) is 16.9. The molecule has 0 saturated carbocycles. The Morgan fingerprint density at radius 1 is 1.18 bits per heavy atom. The number of thiazole rings is 1. The molecule has 3 rings (SSSR count). The minimum atomic E-state index is -0.168. The standard InChI is InChI=1S/C20H27N5O2S/c1-5-24(6-2)19(26)15-11-21-18(23-13(15)3)16-9-7-8-10-25(16)20(27)17-14(4)22-12-28-17/h11-12,16H,5-10H2,1-4H3/t16-/m0/s1. The lowest BCUT2D eigenvalue weighted by molar-refractivity contribution is 0.0602. The molecule has 150 valence electrons. The molecule has 0 N–H and O–H groups in total. The van der Waals surface area contributed by atoms with Crippen molar-refractivity contribution >= 4 is 23.2 Å². The van der Waals surface area contributed by atoms with Crippen molar-refractivity contribution in [2.75, 3.05) is 19.6 Å². The van der Waals surface area contributed by atoms with Gasteiger partial charge >= 0.3 is 0 Å². The number of nitrogens with zero attached hydrogens (tertiary/aromatic N) is 5.